The van der Waals surface area contributed by atoms with Crippen LogP contribution in [0.2, 0.25) is 0 Å². The molecule has 2 heterocycles. The van der Waals surface area contributed by atoms with Gasteiger partial charge in [0.05, 0.1) is 17.3 Å². The van der Waals surface area contributed by atoms with Gasteiger partial charge < -0.3 is 10.8 Å². The van der Waals surface area contributed by atoms with E-state index in [0.717, 1.165) is 5.52 Å². The molecule has 3 aromatic rings. The monoisotopic (exact) mass is 225 g/mol. The third-order valence-electron chi connectivity index (χ3n) is 2.70. The van der Waals surface area contributed by atoms with Crippen LogP contribution in [-0.2, 0) is 0 Å². The number of para-hydroxylation sites is 1. The zero-order valence-electron chi connectivity index (χ0n) is 9.04. The molecule has 3 rings (SSSR count). The molecule has 0 saturated carbocycles. The molecule has 0 bridgehead atoms. The fourth-order valence-corrected chi connectivity index (χ4v) is 1.87. The topological polar surface area (TPSA) is 63.5 Å². The Morgan fingerprint density at radius 2 is 1.94 bits per heavy atom. The summed E-state index contributed by atoms with van der Waals surface area (Å²) in [6.07, 6.45) is 3.55. The zero-order valence-corrected chi connectivity index (χ0v) is 9.04. The third-order valence-corrected chi connectivity index (χ3v) is 2.70. The molecule has 0 radical (unpaired) electrons. The number of aromatic hydroxyl groups is 1. The van der Waals surface area contributed by atoms with E-state index in [9.17, 15) is 5.11 Å². The number of nitrogens with two attached hydrogens (primary N) is 1. The van der Waals surface area contributed by atoms with Crippen molar-refractivity contribution >= 4 is 11.2 Å². The molecule has 84 valence electrons. The number of nitrogen functional groups attached to an aromatic ring is 1. The van der Waals surface area contributed by atoms with E-state index in [2.05, 4.69) is 4.98 Å². The van der Waals surface area contributed by atoms with Gasteiger partial charge in [-0.15, -0.1) is 0 Å². The number of fused-ring (bicyclic) bond motifs is 1. The summed E-state index contributed by atoms with van der Waals surface area (Å²) in [6.45, 7) is 0. The fourth-order valence-electron chi connectivity index (χ4n) is 1.87. The Kier molecular flexibility index (Phi) is 2.01. The summed E-state index contributed by atoms with van der Waals surface area (Å²) in [4.78, 5) is 4.31. The van der Waals surface area contributed by atoms with Crippen LogP contribution >= 0.6 is 0 Å². The molecular formula is C13H11N3O. The second kappa shape index (κ2) is 3.52. The largest absolute Gasteiger partial charge is 0.507 e. The Balaban J connectivity index is 2.31. The molecule has 4 heteroatoms. The van der Waals surface area contributed by atoms with Crippen LogP contribution in [0.25, 0.3) is 16.9 Å². The number of aromatic nitrogens is 2. The van der Waals surface area contributed by atoms with Gasteiger partial charge in [0.2, 0.25) is 0 Å². The second-order valence-corrected chi connectivity index (χ2v) is 3.86. The molecular weight excluding hydrogens is 214 g/mol. The molecule has 0 fully saturated rings. The number of hydrogen-bond donors (Lipinski definition) is 2. The van der Waals surface area contributed by atoms with Gasteiger partial charge in [0.15, 0.2) is 0 Å². The van der Waals surface area contributed by atoms with Crippen LogP contribution in [0, 0.1) is 0 Å². The maximum atomic E-state index is 9.83. The lowest BCUT2D eigenvalue weighted by molar-refractivity contribution is 0.477. The van der Waals surface area contributed by atoms with Gasteiger partial charge in [0.1, 0.15) is 11.6 Å². The number of nitrogens with zero attached hydrogens (tertiary/aromatic N) is 2. The van der Waals surface area contributed by atoms with Gasteiger partial charge in [-0.3, -0.25) is 4.40 Å². The predicted molar refractivity (Wildman–Crippen MR) is 66.7 cm³/mol. The van der Waals surface area contributed by atoms with Crippen LogP contribution in [0.15, 0.2) is 48.8 Å². The van der Waals surface area contributed by atoms with Crippen LogP contribution in [0.4, 0.5) is 5.69 Å². The smallest absolute Gasteiger partial charge is 0.148 e. The van der Waals surface area contributed by atoms with E-state index in [1.807, 2.05) is 28.7 Å². The molecule has 0 amide bonds. The van der Waals surface area contributed by atoms with E-state index < -0.39 is 0 Å². The highest BCUT2D eigenvalue weighted by Crippen LogP contribution is 2.28. The standard InChI is InChI=1S/C13H11N3O/c14-9-5-6-10-7-15-13(16(10)8-9)11-3-1-2-4-12(11)17/h1-8,17H,14H2. The number of rotatable bonds is 1. The normalized spacial score (nSPS) is 10.8. The highest BCUT2D eigenvalue weighted by Gasteiger charge is 2.09. The SMILES string of the molecule is Nc1ccc2cnc(-c3ccccc3O)n2c1. The molecule has 0 atom stereocenters. The molecule has 0 aliphatic carbocycles. The summed E-state index contributed by atoms with van der Waals surface area (Å²) in [5.74, 6) is 0.896. The molecule has 3 N–H and O–H groups in total. The van der Waals surface area contributed by atoms with E-state index in [-0.39, 0.29) is 5.75 Å². The molecule has 1 aromatic carbocycles. The highest BCUT2D eigenvalue weighted by atomic mass is 16.3. The lowest BCUT2D eigenvalue weighted by Crippen LogP contribution is -1.93. The number of pyridine rings is 1. The summed E-state index contributed by atoms with van der Waals surface area (Å²) in [7, 11) is 0. The van der Waals surface area contributed by atoms with Gasteiger partial charge in [-0.05, 0) is 24.3 Å². The number of benzene rings is 1. The van der Waals surface area contributed by atoms with Crippen LogP contribution in [0.1, 0.15) is 0 Å². The predicted octanol–water partition coefficient (Wildman–Crippen LogP) is 2.29. The molecule has 0 saturated heterocycles. The quantitative estimate of drug-likeness (QED) is 0.667. The Morgan fingerprint density at radius 1 is 1.12 bits per heavy atom. The van der Waals surface area contributed by atoms with Crippen molar-refractivity contribution in [2.45, 2.75) is 0 Å². The van der Waals surface area contributed by atoms with Crippen LogP contribution in [0.3, 0.4) is 0 Å². The first-order chi connectivity index (χ1) is 8.25. The maximum absolute atomic E-state index is 9.83. The second-order valence-electron chi connectivity index (χ2n) is 3.86. The highest BCUT2D eigenvalue weighted by molar-refractivity contribution is 5.68. The van der Waals surface area contributed by atoms with E-state index in [1.165, 1.54) is 0 Å². The van der Waals surface area contributed by atoms with E-state index >= 15 is 0 Å². The van der Waals surface area contributed by atoms with Gasteiger partial charge in [0.25, 0.3) is 0 Å². The first-order valence-electron chi connectivity index (χ1n) is 5.26. The molecule has 0 aliphatic rings. The number of phenolic OH excluding ortho intramolecular Hbond substituents is 1. The van der Waals surface area contributed by atoms with E-state index in [4.69, 9.17) is 5.73 Å². The molecule has 4 nitrogen and oxygen atoms in total. The Hall–Kier alpha value is -2.49. The zero-order chi connectivity index (χ0) is 11.8. The van der Waals surface area contributed by atoms with Crippen LogP contribution in [-0.4, -0.2) is 14.5 Å². The van der Waals surface area contributed by atoms with Crippen molar-refractivity contribution in [3.8, 4) is 17.1 Å². The summed E-state index contributed by atoms with van der Waals surface area (Å²) in [6, 6.07) is 10.8. The fraction of sp³-hybridized carbons (Fsp3) is 0. The third kappa shape index (κ3) is 1.50. The number of hydrogen-bond acceptors (Lipinski definition) is 3. The van der Waals surface area contributed by atoms with Crippen molar-refractivity contribution in [2.24, 2.45) is 0 Å². The van der Waals surface area contributed by atoms with Crippen LogP contribution < -0.4 is 5.73 Å². The number of anilines is 1. The van der Waals surface area contributed by atoms with Crippen molar-refractivity contribution in [3.63, 3.8) is 0 Å². The first kappa shape index (κ1) is 9.72. The average molecular weight is 225 g/mol. The van der Waals surface area contributed by atoms with Crippen molar-refractivity contribution in [1.82, 2.24) is 9.38 Å². The number of imidazole rings is 1. The average Bonchev–Trinajstić information content (AvgIpc) is 2.72. The Morgan fingerprint density at radius 3 is 2.76 bits per heavy atom. The minimum atomic E-state index is 0.211. The van der Waals surface area contributed by atoms with Crippen molar-refractivity contribution < 1.29 is 5.11 Å². The van der Waals surface area contributed by atoms with Crippen molar-refractivity contribution in [1.29, 1.82) is 0 Å². The molecule has 0 unspecified atom stereocenters. The van der Waals surface area contributed by atoms with Gasteiger partial charge in [0, 0.05) is 11.9 Å². The molecule has 0 spiro atoms. The lowest BCUT2D eigenvalue weighted by Gasteiger charge is -2.04. The molecule has 2 aromatic heterocycles. The van der Waals surface area contributed by atoms with Gasteiger partial charge in [-0.25, -0.2) is 4.98 Å². The number of phenols is 1. The van der Waals surface area contributed by atoms with Crippen molar-refractivity contribution in [3.05, 3.63) is 48.8 Å². The lowest BCUT2D eigenvalue weighted by atomic mass is 10.2. The minimum Gasteiger partial charge on any atom is -0.507 e. The first-order valence-corrected chi connectivity index (χ1v) is 5.26. The maximum Gasteiger partial charge on any atom is 0.148 e. The van der Waals surface area contributed by atoms with Crippen LogP contribution in [0.5, 0.6) is 5.75 Å². The minimum absolute atomic E-state index is 0.211. The van der Waals surface area contributed by atoms with E-state index in [1.54, 1.807) is 24.5 Å². The summed E-state index contributed by atoms with van der Waals surface area (Å²) >= 11 is 0. The molecule has 17 heavy (non-hydrogen) atoms. The summed E-state index contributed by atoms with van der Waals surface area (Å²) in [5.41, 5.74) is 8.05. The molecule has 0 aliphatic heterocycles. The van der Waals surface area contributed by atoms with E-state index in [0.29, 0.717) is 17.1 Å². The van der Waals surface area contributed by atoms with Gasteiger partial charge in [-0.2, -0.15) is 0 Å². The van der Waals surface area contributed by atoms with Gasteiger partial charge in [-0.1, -0.05) is 12.1 Å². The van der Waals surface area contributed by atoms with Gasteiger partial charge >= 0.3 is 0 Å². The summed E-state index contributed by atoms with van der Waals surface area (Å²) < 4.78 is 1.87. The van der Waals surface area contributed by atoms with Crippen molar-refractivity contribution in [2.75, 3.05) is 5.73 Å². The Labute approximate surface area is 98.0 Å². The summed E-state index contributed by atoms with van der Waals surface area (Å²) in [5, 5.41) is 9.83. The Bertz CT molecular complexity index is 688.